The van der Waals surface area contributed by atoms with E-state index in [0.29, 0.717) is 10.7 Å². The summed E-state index contributed by atoms with van der Waals surface area (Å²) in [5, 5.41) is 26.0. The van der Waals surface area contributed by atoms with E-state index in [0.717, 1.165) is 23.3 Å². The third-order valence-electron chi connectivity index (χ3n) is 3.38. The van der Waals surface area contributed by atoms with Gasteiger partial charge in [-0.05, 0) is 49.2 Å². The van der Waals surface area contributed by atoms with Crippen LogP contribution in [0, 0.1) is 11.3 Å². The van der Waals surface area contributed by atoms with E-state index < -0.39 is 6.10 Å². The van der Waals surface area contributed by atoms with Crippen LogP contribution in [-0.4, -0.2) is 19.9 Å². The van der Waals surface area contributed by atoms with E-state index in [1.54, 1.807) is 29.7 Å². The van der Waals surface area contributed by atoms with E-state index in [2.05, 4.69) is 16.3 Å². The highest BCUT2D eigenvalue weighted by Gasteiger charge is 2.29. The molecule has 21 heavy (non-hydrogen) atoms. The summed E-state index contributed by atoms with van der Waals surface area (Å²) in [4.78, 5) is 12.5. The second kappa shape index (κ2) is 5.39. The molecule has 1 fully saturated rings. The van der Waals surface area contributed by atoms with Crippen LogP contribution in [-0.2, 0) is 0 Å². The Morgan fingerprint density at radius 3 is 2.95 bits per heavy atom. The topological polar surface area (TPSA) is 94.7 Å². The molecule has 7 heteroatoms. The molecule has 1 heterocycles. The molecule has 0 unspecified atom stereocenters. The third kappa shape index (κ3) is 2.73. The molecule has 2 aromatic rings. The van der Waals surface area contributed by atoms with Gasteiger partial charge in [-0.15, -0.1) is 5.10 Å². The summed E-state index contributed by atoms with van der Waals surface area (Å²) < 4.78 is 1.65. The zero-order chi connectivity index (χ0) is 15.0. The summed E-state index contributed by atoms with van der Waals surface area (Å²) in [7, 11) is 0. The lowest BCUT2D eigenvalue weighted by atomic mass is 10.1. The number of aromatic nitrogens is 3. The highest BCUT2D eigenvalue weighted by molar-refractivity contribution is 7.99. The van der Waals surface area contributed by atoms with Crippen LogP contribution in [0.1, 0.15) is 43.0 Å². The first-order chi connectivity index (χ1) is 10.1. The van der Waals surface area contributed by atoms with Gasteiger partial charge in [0.15, 0.2) is 5.16 Å². The first-order valence-electron chi connectivity index (χ1n) is 6.67. The zero-order valence-electron chi connectivity index (χ0n) is 11.4. The maximum absolute atomic E-state index is 11.8. The summed E-state index contributed by atoms with van der Waals surface area (Å²) in [6.45, 7) is 1.67. The number of aromatic amines is 1. The van der Waals surface area contributed by atoms with E-state index >= 15 is 0 Å². The molecule has 0 aliphatic heterocycles. The van der Waals surface area contributed by atoms with Gasteiger partial charge in [-0.25, -0.2) is 9.89 Å². The molecule has 1 aliphatic carbocycles. The molecule has 1 aromatic heterocycles. The standard InChI is InChI=1S/C14H14N4O2S/c1-8(19)11-5-2-9(7-15)6-12(11)21-14-17-16-13(20)18(14)10-3-4-10/h2,5-6,8,10,19H,3-4H2,1H3,(H,16,20)/t8-/m0/s1. The highest BCUT2D eigenvalue weighted by atomic mass is 32.2. The average molecular weight is 302 g/mol. The molecule has 2 N–H and O–H groups in total. The molecule has 0 saturated heterocycles. The second-order valence-electron chi connectivity index (χ2n) is 5.05. The maximum Gasteiger partial charge on any atom is 0.344 e. The Hall–Kier alpha value is -2.04. The first-order valence-corrected chi connectivity index (χ1v) is 7.48. The zero-order valence-corrected chi connectivity index (χ0v) is 12.2. The Morgan fingerprint density at radius 2 is 2.33 bits per heavy atom. The van der Waals surface area contributed by atoms with Crippen LogP contribution in [0.3, 0.4) is 0 Å². The van der Waals surface area contributed by atoms with Gasteiger partial charge in [0.25, 0.3) is 0 Å². The summed E-state index contributed by atoms with van der Waals surface area (Å²) in [5.74, 6) is 0. The molecule has 108 valence electrons. The predicted octanol–water partition coefficient (Wildman–Crippen LogP) is 1.98. The fraction of sp³-hybridized carbons (Fsp3) is 0.357. The molecule has 0 spiro atoms. The van der Waals surface area contributed by atoms with Crippen molar-refractivity contribution in [2.45, 2.75) is 42.0 Å². The van der Waals surface area contributed by atoms with E-state index in [4.69, 9.17) is 5.26 Å². The van der Waals surface area contributed by atoms with Crippen molar-refractivity contribution in [2.24, 2.45) is 0 Å². The molecule has 0 bridgehead atoms. The van der Waals surface area contributed by atoms with E-state index in [-0.39, 0.29) is 11.7 Å². The lowest BCUT2D eigenvalue weighted by Crippen LogP contribution is -2.16. The Bertz CT molecular complexity index is 768. The average Bonchev–Trinajstić information content (AvgIpc) is 3.23. The minimum Gasteiger partial charge on any atom is -0.389 e. The number of hydrogen-bond acceptors (Lipinski definition) is 5. The Labute approximate surface area is 125 Å². The van der Waals surface area contributed by atoms with Crippen molar-refractivity contribution in [3.05, 3.63) is 39.8 Å². The van der Waals surface area contributed by atoms with Crippen molar-refractivity contribution in [3.8, 4) is 6.07 Å². The van der Waals surface area contributed by atoms with Crippen LogP contribution in [0.5, 0.6) is 0 Å². The van der Waals surface area contributed by atoms with Gasteiger partial charge in [0.1, 0.15) is 0 Å². The molecule has 0 amide bonds. The van der Waals surface area contributed by atoms with Gasteiger partial charge >= 0.3 is 5.69 Å². The minimum absolute atomic E-state index is 0.213. The quantitative estimate of drug-likeness (QED) is 0.900. The number of H-pyrrole nitrogens is 1. The first kappa shape index (κ1) is 13.9. The fourth-order valence-corrected chi connectivity index (χ4v) is 3.31. The van der Waals surface area contributed by atoms with Crippen LogP contribution in [0.15, 0.2) is 33.0 Å². The largest absolute Gasteiger partial charge is 0.389 e. The van der Waals surface area contributed by atoms with Crippen molar-refractivity contribution in [1.82, 2.24) is 14.8 Å². The predicted molar refractivity (Wildman–Crippen MR) is 77.0 cm³/mol. The lowest BCUT2D eigenvalue weighted by Gasteiger charge is -2.11. The number of aliphatic hydroxyl groups is 1. The van der Waals surface area contributed by atoms with Gasteiger partial charge in [-0.3, -0.25) is 4.57 Å². The number of benzene rings is 1. The summed E-state index contributed by atoms with van der Waals surface area (Å²) in [6.07, 6.45) is 1.31. The van der Waals surface area contributed by atoms with Crippen molar-refractivity contribution in [1.29, 1.82) is 5.26 Å². The smallest absolute Gasteiger partial charge is 0.344 e. The van der Waals surface area contributed by atoms with Gasteiger partial charge in [0.05, 0.1) is 17.7 Å². The SMILES string of the molecule is C[C@H](O)c1ccc(C#N)cc1Sc1n[nH]c(=O)n1C1CC1. The van der Waals surface area contributed by atoms with Crippen LogP contribution in [0.25, 0.3) is 0 Å². The maximum atomic E-state index is 11.8. The Morgan fingerprint density at radius 1 is 1.57 bits per heavy atom. The van der Waals surface area contributed by atoms with Crippen LogP contribution < -0.4 is 5.69 Å². The number of nitriles is 1. The molecule has 0 radical (unpaired) electrons. The fourth-order valence-electron chi connectivity index (χ4n) is 2.15. The van der Waals surface area contributed by atoms with Crippen LogP contribution in [0.2, 0.25) is 0 Å². The summed E-state index contributed by atoms with van der Waals surface area (Å²) >= 11 is 1.30. The van der Waals surface area contributed by atoms with Gasteiger partial charge < -0.3 is 5.11 Å². The molecule has 6 nitrogen and oxygen atoms in total. The van der Waals surface area contributed by atoms with Crippen molar-refractivity contribution < 1.29 is 5.11 Å². The van der Waals surface area contributed by atoms with Gasteiger partial charge in [0, 0.05) is 10.9 Å². The summed E-state index contributed by atoms with van der Waals surface area (Å²) in [5.41, 5.74) is 1.02. The number of aliphatic hydroxyl groups excluding tert-OH is 1. The molecule has 3 rings (SSSR count). The van der Waals surface area contributed by atoms with Crippen molar-refractivity contribution >= 4 is 11.8 Å². The van der Waals surface area contributed by atoms with Crippen molar-refractivity contribution in [2.75, 3.05) is 0 Å². The number of hydrogen-bond donors (Lipinski definition) is 2. The Kier molecular flexibility index (Phi) is 3.57. The number of rotatable bonds is 4. The summed E-state index contributed by atoms with van der Waals surface area (Å²) in [6, 6.07) is 7.41. The van der Waals surface area contributed by atoms with Gasteiger partial charge in [0.2, 0.25) is 0 Å². The van der Waals surface area contributed by atoms with Crippen LogP contribution in [0.4, 0.5) is 0 Å². The molecule has 1 aliphatic rings. The third-order valence-corrected chi connectivity index (χ3v) is 4.42. The second-order valence-corrected chi connectivity index (χ2v) is 6.06. The lowest BCUT2D eigenvalue weighted by molar-refractivity contribution is 0.196. The van der Waals surface area contributed by atoms with E-state index in [1.807, 2.05) is 0 Å². The number of nitrogens with zero attached hydrogens (tertiary/aromatic N) is 3. The minimum atomic E-state index is -0.653. The van der Waals surface area contributed by atoms with Gasteiger partial charge in [-0.2, -0.15) is 5.26 Å². The molecular weight excluding hydrogens is 288 g/mol. The van der Waals surface area contributed by atoms with E-state index in [9.17, 15) is 9.90 Å². The molecular formula is C14H14N4O2S. The number of nitrogens with one attached hydrogen (secondary N) is 1. The molecule has 1 atom stereocenters. The molecule has 1 saturated carbocycles. The van der Waals surface area contributed by atoms with Gasteiger partial charge in [-0.1, -0.05) is 6.07 Å². The highest BCUT2D eigenvalue weighted by Crippen LogP contribution is 2.39. The van der Waals surface area contributed by atoms with Crippen LogP contribution >= 0.6 is 11.8 Å². The Balaban J connectivity index is 2.01. The monoisotopic (exact) mass is 302 g/mol. The normalized spacial score (nSPS) is 15.7. The van der Waals surface area contributed by atoms with Crippen molar-refractivity contribution in [3.63, 3.8) is 0 Å². The van der Waals surface area contributed by atoms with E-state index in [1.165, 1.54) is 11.8 Å². The molecule has 1 aromatic carbocycles.